The van der Waals surface area contributed by atoms with Crippen LogP contribution in [0.3, 0.4) is 0 Å². The van der Waals surface area contributed by atoms with E-state index in [1.54, 1.807) is 18.2 Å². The van der Waals surface area contributed by atoms with Crippen LogP contribution in [0.5, 0.6) is 0 Å². The number of halogens is 2. The maximum Gasteiger partial charge on any atom is 0.223 e. The summed E-state index contributed by atoms with van der Waals surface area (Å²) in [6.07, 6.45) is -0.485. The number of anilines is 1. The molecule has 0 spiro atoms. The van der Waals surface area contributed by atoms with Gasteiger partial charge in [0.25, 0.3) is 0 Å². The Morgan fingerprint density at radius 2 is 2.06 bits per heavy atom. The molecule has 0 bridgehead atoms. The highest BCUT2D eigenvalue weighted by molar-refractivity contribution is 7.99. The molecule has 13 heteroatoms. The number of aromatic nitrogens is 5. The van der Waals surface area contributed by atoms with Crippen molar-refractivity contribution in [1.82, 2.24) is 25.0 Å². The number of aliphatic hydroxyl groups excluding tert-OH is 2. The van der Waals surface area contributed by atoms with Gasteiger partial charge in [-0.15, -0.1) is 5.10 Å². The zero-order valence-corrected chi connectivity index (χ0v) is 20.0. The molecule has 2 heterocycles. The van der Waals surface area contributed by atoms with Crippen molar-refractivity contribution < 1.29 is 15.0 Å². The number of nitrogens with two attached hydrogens (primary N) is 1. The largest absolute Gasteiger partial charge is 0.390 e. The minimum Gasteiger partial charge on any atom is -0.390 e. The molecule has 3 aromatic rings. The van der Waals surface area contributed by atoms with Crippen LogP contribution in [0.2, 0.25) is 10.0 Å². The molecule has 5 N–H and O–H groups in total. The molecule has 1 saturated carbocycles. The van der Waals surface area contributed by atoms with Crippen LogP contribution in [0, 0.1) is 5.92 Å². The van der Waals surface area contributed by atoms with Gasteiger partial charge in [0.1, 0.15) is 6.10 Å². The number of unbranched alkanes of at least 4 members (excludes halogenated alkanes) is 1. The zero-order valence-electron chi connectivity index (χ0n) is 17.7. The van der Waals surface area contributed by atoms with Gasteiger partial charge in [-0.05, 0) is 42.8 Å². The second kappa shape index (κ2) is 9.98. The van der Waals surface area contributed by atoms with Crippen molar-refractivity contribution in [1.29, 1.82) is 0 Å². The summed E-state index contributed by atoms with van der Waals surface area (Å²) in [6, 6.07) is 4.50. The number of carbonyl (C=O) groups excluding carboxylic acids is 1. The number of aliphatic hydroxyl groups is 2. The predicted octanol–water partition coefficient (Wildman–Crippen LogP) is 2.66. The first kappa shape index (κ1) is 24.0. The van der Waals surface area contributed by atoms with Crippen molar-refractivity contribution in [2.45, 2.75) is 54.5 Å². The molecule has 0 saturated heterocycles. The summed E-state index contributed by atoms with van der Waals surface area (Å²) in [7, 11) is 0. The molecule has 1 aromatic carbocycles. The minimum absolute atomic E-state index is 0.119. The van der Waals surface area contributed by atoms with E-state index in [1.807, 2.05) is 0 Å². The van der Waals surface area contributed by atoms with E-state index in [-0.39, 0.29) is 6.42 Å². The molecule has 0 aliphatic heterocycles. The van der Waals surface area contributed by atoms with E-state index in [9.17, 15) is 15.0 Å². The van der Waals surface area contributed by atoms with Crippen molar-refractivity contribution in [2.75, 3.05) is 11.9 Å². The van der Waals surface area contributed by atoms with Gasteiger partial charge in [0.15, 0.2) is 22.1 Å². The number of nitrogens with zero attached hydrogens (tertiary/aromatic N) is 5. The van der Waals surface area contributed by atoms with Crippen LogP contribution in [0.25, 0.3) is 11.2 Å². The van der Waals surface area contributed by atoms with Crippen LogP contribution in [-0.4, -0.2) is 59.8 Å². The van der Waals surface area contributed by atoms with Crippen LogP contribution in [0.4, 0.5) is 5.82 Å². The van der Waals surface area contributed by atoms with Gasteiger partial charge in [-0.2, -0.15) is 0 Å². The Balaban J connectivity index is 1.74. The van der Waals surface area contributed by atoms with Gasteiger partial charge in [-0.3, -0.25) is 4.79 Å². The first-order valence-corrected chi connectivity index (χ1v) is 12.0. The fourth-order valence-electron chi connectivity index (χ4n) is 3.77. The monoisotopic (exact) mass is 511 g/mol. The molecule has 2 aromatic heterocycles. The topological polar surface area (TPSA) is 152 Å². The van der Waals surface area contributed by atoms with Crippen molar-refractivity contribution in [2.24, 2.45) is 11.7 Å². The second-order valence-corrected chi connectivity index (χ2v) is 9.67. The van der Waals surface area contributed by atoms with Gasteiger partial charge in [-0.25, -0.2) is 14.6 Å². The summed E-state index contributed by atoms with van der Waals surface area (Å²) >= 11 is 13.4. The van der Waals surface area contributed by atoms with Crippen molar-refractivity contribution in [3.05, 3.63) is 28.2 Å². The number of rotatable bonds is 8. The van der Waals surface area contributed by atoms with Gasteiger partial charge in [0.05, 0.1) is 28.1 Å². The molecule has 0 radical (unpaired) electrons. The molecule has 4 rings (SSSR count). The highest BCUT2D eigenvalue weighted by atomic mass is 35.5. The Bertz CT molecular complexity index is 1180. The Hall–Kier alpha value is -2.18. The van der Waals surface area contributed by atoms with E-state index in [4.69, 9.17) is 28.9 Å². The fraction of sp³-hybridized carbons (Fsp3) is 0.450. The normalized spacial score (nSPS) is 22.7. The number of primary amides is 1. The molecule has 1 amide bonds. The lowest BCUT2D eigenvalue weighted by Crippen LogP contribution is -2.35. The van der Waals surface area contributed by atoms with Crippen LogP contribution in [-0.2, 0) is 4.79 Å². The highest BCUT2D eigenvalue weighted by Crippen LogP contribution is 2.38. The van der Waals surface area contributed by atoms with Gasteiger partial charge in [0, 0.05) is 11.4 Å². The maximum absolute atomic E-state index is 11.7. The summed E-state index contributed by atoms with van der Waals surface area (Å²) in [6.45, 7) is 2.77. The standard InChI is InChI=1S/C20H23Cl2N7O3S/c1-2-3-6-24-18-14-19(26-20(25-18)33-9-4-5-11(21)12(22)7-9)29(28-27-14)13-8-10(17(23)32)15(30)16(13)31/h4-5,7,10,13,15-16,30-31H,2-3,6,8H2,1H3,(H2,23,32)(H,24,25,26)/t10-,13+,15+,16-/m0/s1. The summed E-state index contributed by atoms with van der Waals surface area (Å²) in [4.78, 5) is 21.7. The average molecular weight is 512 g/mol. The van der Waals surface area contributed by atoms with Gasteiger partial charge in [-0.1, -0.05) is 41.8 Å². The SMILES string of the molecule is CCCCNc1nc(Sc2ccc(Cl)c(Cl)c2)nc2c1nnn2[C@@H]1C[C@H](C(N)=O)[C@@H](O)[C@H]1O. The summed E-state index contributed by atoms with van der Waals surface area (Å²) < 4.78 is 1.43. The first-order valence-electron chi connectivity index (χ1n) is 10.4. The zero-order chi connectivity index (χ0) is 23.7. The number of carbonyl (C=O) groups is 1. The summed E-state index contributed by atoms with van der Waals surface area (Å²) in [5.41, 5.74) is 6.18. The molecule has 1 aliphatic rings. The summed E-state index contributed by atoms with van der Waals surface area (Å²) in [5.74, 6) is -1.07. The van der Waals surface area contributed by atoms with E-state index in [1.165, 1.54) is 16.4 Å². The van der Waals surface area contributed by atoms with Crippen molar-refractivity contribution >= 4 is 57.9 Å². The first-order chi connectivity index (χ1) is 15.8. The molecule has 1 aliphatic carbocycles. The van der Waals surface area contributed by atoms with Crippen molar-refractivity contribution in [3.63, 3.8) is 0 Å². The fourth-order valence-corrected chi connectivity index (χ4v) is 4.92. The highest BCUT2D eigenvalue weighted by Gasteiger charge is 2.46. The molecule has 33 heavy (non-hydrogen) atoms. The molecular formula is C20H23Cl2N7O3S. The Labute approximate surface area is 203 Å². The van der Waals surface area contributed by atoms with E-state index in [0.717, 1.165) is 17.7 Å². The van der Waals surface area contributed by atoms with Crippen LogP contribution in [0.15, 0.2) is 28.3 Å². The summed E-state index contributed by atoms with van der Waals surface area (Å²) in [5, 5.41) is 33.8. The lowest BCUT2D eigenvalue weighted by Gasteiger charge is -2.17. The molecule has 1 fully saturated rings. The Morgan fingerprint density at radius 1 is 1.27 bits per heavy atom. The number of fused-ring (bicyclic) bond motifs is 1. The lowest BCUT2D eigenvalue weighted by molar-refractivity contribution is -0.125. The molecular weight excluding hydrogens is 489 g/mol. The molecule has 176 valence electrons. The van der Waals surface area contributed by atoms with Crippen LogP contribution >= 0.6 is 35.0 Å². The van der Waals surface area contributed by atoms with E-state index >= 15 is 0 Å². The second-order valence-electron chi connectivity index (χ2n) is 7.81. The number of hydrogen-bond donors (Lipinski definition) is 4. The van der Waals surface area contributed by atoms with Crippen LogP contribution in [0.1, 0.15) is 32.2 Å². The van der Waals surface area contributed by atoms with Crippen LogP contribution < -0.4 is 11.1 Å². The third-order valence-corrected chi connectivity index (χ3v) is 7.15. The number of benzene rings is 1. The Morgan fingerprint density at radius 3 is 2.73 bits per heavy atom. The van der Waals surface area contributed by atoms with E-state index in [0.29, 0.717) is 38.7 Å². The number of nitrogens with one attached hydrogen (secondary N) is 1. The third-order valence-electron chi connectivity index (χ3n) is 5.56. The number of amides is 1. The minimum atomic E-state index is -1.29. The molecule has 10 nitrogen and oxygen atoms in total. The predicted molar refractivity (Wildman–Crippen MR) is 125 cm³/mol. The molecule has 4 atom stereocenters. The quantitative estimate of drug-likeness (QED) is 0.264. The smallest absolute Gasteiger partial charge is 0.223 e. The van der Waals surface area contributed by atoms with Gasteiger partial charge >= 0.3 is 0 Å². The molecule has 0 unspecified atom stereocenters. The maximum atomic E-state index is 11.7. The van der Waals surface area contributed by atoms with E-state index < -0.39 is 30.1 Å². The van der Waals surface area contributed by atoms with Gasteiger partial charge < -0.3 is 21.3 Å². The Kier molecular flexibility index (Phi) is 7.25. The van der Waals surface area contributed by atoms with Gasteiger partial charge in [0.2, 0.25) is 5.91 Å². The lowest BCUT2D eigenvalue weighted by atomic mass is 10.1. The van der Waals surface area contributed by atoms with E-state index in [2.05, 4.69) is 32.5 Å². The van der Waals surface area contributed by atoms with Crippen molar-refractivity contribution in [3.8, 4) is 0 Å². The third kappa shape index (κ3) is 4.87. The number of hydrogen-bond acceptors (Lipinski definition) is 9. The average Bonchev–Trinajstić information content (AvgIpc) is 3.32.